The number of fused-ring (bicyclic) bond motifs is 1. The van der Waals surface area contributed by atoms with E-state index in [0.29, 0.717) is 61.8 Å². The maximum absolute atomic E-state index is 13.8. The number of ether oxygens (including phenoxy) is 1. The van der Waals surface area contributed by atoms with Crippen LogP contribution in [0.3, 0.4) is 0 Å². The summed E-state index contributed by atoms with van der Waals surface area (Å²) in [6, 6.07) is 19.4. The molecule has 5 rings (SSSR count). The predicted octanol–water partition coefficient (Wildman–Crippen LogP) is 3.37. The van der Waals surface area contributed by atoms with Crippen LogP contribution in [0, 0.1) is 6.92 Å². The highest BCUT2D eigenvalue weighted by Crippen LogP contribution is 2.29. The van der Waals surface area contributed by atoms with Crippen LogP contribution in [0.2, 0.25) is 0 Å². The van der Waals surface area contributed by atoms with Gasteiger partial charge in [-0.3, -0.25) is 19.3 Å². The minimum Gasteiger partial charge on any atom is -0.495 e. The Morgan fingerprint density at radius 3 is 2.27 bits per heavy atom. The van der Waals surface area contributed by atoms with Crippen molar-refractivity contribution in [1.82, 2.24) is 14.7 Å². The number of aryl methyl sites for hydroxylation is 1. The molecule has 11 heteroatoms. The Hall–Kier alpha value is -4.90. The van der Waals surface area contributed by atoms with Crippen molar-refractivity contribution >= 4 is 35.2 Å². The number of carboxylic acid groups (broad SMARTS) is 1. The number of para-hydroxylation sites is 1. The fraction of sp³-hybridized carbons (Fsp3) is 0.333. The zero-order chi connectivity index (χ0) is 31.2. The number of hydrogen-bond acceptors (Lipinski definition) is 6. The molecule has 2 aliphatic rings. The lowest BCUT2D eigenvalue weighted by molar-refractivity contribution is -0.148. The van der Waals surface area contributed by atoms with Crippen LogP contribution in [-0.2, 0) is 33.8 Å². The third-order valence-corrected chi connectivity index (χ3v) is 8.16. The van der Waals surface area contributed by atoms with E-state index in [1.807, 2.05) is 60.4 Å². The molecule has 1 fully saturated rings. The summed E-state index contributed by atoms with van der Waals surface area (Å²) in [7, 11) is 1.50. The fourth-order valence-electron chi connectivity index (χ4n) is 5.75. The number of benzene rings is 3. The van der Waals surface area contributed by atoms with Gasteiger partial charge in [0, 0.05) is 44.8 Å². The number of amides is 4. The number of carbonyl (C=O) groups is 4. The number of carboxylic acids is 1. The Morgan fingerprint density at radius 2 is 1.57 bits per heavy atom. The first-order chi connectivity index (χ1) is 21.2. The smallest absolute Gasteiger partial charge is 0.323 e. The number of aliphatic carboxylic acids is 1. The van der Waals surface area contributed by atoms with Crippen LogP contribution in [0.15, 0.2) is 66.7 Å². The Labute approximate surface area is 256 Å². The van der Waals surface area contributed by atoms with Gasteiger partial charge in [0.1, 0.15) is 11.8 Å². The Morgan fingerprint density at radius 1 is 0.886 bits per heavy atom. The predicted molar refractivity (Wildman–Crippen MR) is 166 cm³/mol. The second kappa shape index (κ2) is 13.6. The Balaban J connectivity index is 1.29. The molecule has 0 aliphatic carbocycles. The van der Waals surface area contributed by atoms with E-state index in [9.17, 15) is 19.2 Å². The van der Waals surface area contributed by atoms with Crippen LogP contribution in [0.1, 0.15) is 22.3 Å². The second-order valence-electron chi connectivity index (χ2n) is 11.1. The molecule has 3 aromatic rings. The summed E-state index contributed by atoms with van der Waals surface area (Å²) in [5.74, 6) is -0.801. The van der Waals surface area contributed by atoms with Gasteiger partial charge in [0.2, 0.25) is 11.8 Å². The monoisotopic (exact) mass is 599 g/mol. The average Bonchev–Trinajstić information content (AvgIpc) is 3.02. The van der Waals surface area contributed by atoms with Gasteiger partial charge in [0.25, 0.3) is 0 Å². The molecule has 1 saturated heterocycles. The summed E-state index contributed by atoms with van der Waals surface area (Å²) in [6.07, 6.45) is 0.461. The molecule has 0 radical (unpaired) electrons. The number of rotatable bonds is 8. The number of nitrogens with one attached hydrogen (secondary N) is 2. The average molecular weight is 600 g/mol. The minimum absolute atomic E-state index is 0.0460. The summed E-state index contributed by atoms with van der Waals surface area (Å²) in [6.45, 7) is 3.93. The molecule has 0 spiro atoms. The van der Waals surface area contributed by atoms with Crippen LogP contribution in [-0.4, -0.2) is 89.5 Å². The molecule has 3 aromatic carbocycles. The molecule has 0 bridgehead atoms. The number of hydrogen-bond donors (Lipinski definition) is 3. The molecule has 1 unspecified atom stereocenters. The number of nitrogens with zero attached hydrogens (tertiary/aromatic N) is 3. The molecule has 2 heterocycles. The van der Waals surface area contributed by atoms with Gasteiger partial charge in [-0.2, -0.15) is 0 Å². The number of anilines is 2. The molecule has 4 amide bonds. The minimum atomic E-state index is -0.892. The highest BCUT2D eigenvalue weighted by molar-refractivity contribution is 6.01. The second-order valence-corrected chi connectivity index (χ2v) is 11.1. The first-order valence-corrected chi connectivity index (χ1v) is 14.6. The van der Waals surface area contributed by atoms with Crippen molar-refractivity contribution in [1.29, 1.82) is 0 Å². The van der Waals surface area contributed by atoms with Crippen molar-refractivity contribution in [2.75, 3.05) is 50.5 Å². The molecule has 0 aromatic heterocycles. The number of urea groups is 1. The van der Waals surface area contributed by atoms with Gasteiger partial charge in [-0.1, -0.05) is 48.5 Å². The fourth-order valence-corrected chi connectivity index (χ4v) is 5.75. The Bertz CT molecular complexity index is 1550. The van der Waals surface area contributed by atoms with Gasteiger partial charge in [0.15, 0.2) is 0 Å². The van der Waals surface area contributed by atoms with Crippen molar-refractivity contribution in [2.45, 2.75) is 32.4 Å². The normalized spacial score (nSPS) is 16.5. The van der Waals surface area contributed by atoms with E-state index < -0.39 is 18.0 Å². The maximum Gasteiger partial charge on any atom is 0.323 e. The lowest BCUT2D eigenvalue weighted by atomic mass is 9.92. The van der Waals surface area contributed by atoms with Crippen molar-refractivity contribution in [2.24, 2.45) is 0 Å². The number of methoxy groups -OCH3 is 1. The third-order valence-electron chi connectivity index (χ3n) is 8.16. The molecule has 2 aliphatic heterocycles. The SMILES string of the molecule is COc1cc(CC(=O)N2Cc3ccccc3CC2C(=O)N2CCN(CC(=O)O)CC2)ccc1NC(=O)Nc1ccccc1C. The van der Waals surface area contributed by atoms with Crippen LogP contribution >= 0.6 is 0 Å². The number of carbonyl (C=O) groups excluding carboxylic acids is 3. The summed E-state index contributed by atoms with van der Waals surface area (Å²) in [5, 5.41) is 14.7. The molecular formula is C33H37N5O6. The van der Waals surface area contributed by atoms with E-state index in [2.05, 4.69) is 10.6 Å². The zero-order valence-electron chi connectivity index (χ0n) is 24.9. The zero-order valence-corrected chi connectivity index (χ0v) is 24.9. The van der Waals surface area contributed by atoms with Gasteiger partial charge in [-0.05, 0) is 47.4 Å². The van der Waals surface area contributed by atoms with E-state index in [1.165, 1.54) is 7.11 Å². The largest absolute Gasteiger partial charge is 0.495 e. The summed E-state index contributed by atoms with van der Waals surface area (Å²) in [4.78, 5) is 56.6. The van der Waals surface area contributed by atoms with E-state index in [-0.39, 0.29) is 24.8 Å². The van der Waals surface area contributed by atoms with Crippen molar-refractivity contribution in [3.8, 4) is 5.75 Å². The van der Waals surface area contributed by atoms with Gasteiger partial charge < -0.3 is 30.3 Å². The quantitative estimate of drug-likeness (QED) is 0.362. The van der Waals surface area contributed by atoms with E-state index in [0.717, 1.165) is 16.7 Å². The highest BCUT2D eigenvalue weighted by Gasteiger charge is 2.37. The molecule has 11 nitrogen and oxygen atoms in total. The van der Waals surface area contributed by atoms with Crippen LogP contribution in [0.25, 0.3) is 0 Å². The first kappa shape index (κ1) is 30.6. The van der Waals surface area contributed by atoms with Crippen molar-refractivity contribution in [3.63, 3.8) is 0 Å². The molecular weight excluding hydrogens is 562 g/mol. The summed E-state index contributed by atoms with van der Waals surface area (Å²) in [5.41, 5.74) is 4.82. The lowest BCUT2D eigenvalue weighted by Gasteiger charge is -2.41. The maximum atomic E-state index is 13.8. The van der Waals surface area contributed by atoms with Crippen molar-refractivity contribution < 1.29 is 29.0 Å². The Kier molecular flexibility index (Phi) is 9.44. The molecule has 0 saturated carbocycles. The van der Waals surface area contributed by atoms with Crippen LogP contribution in [0.4, 0.5) is 16.2 Å². The third kappa shape index (κ3) is 7.17. The highest BCUT2D eigenvalue weighted by atomic mass is 16.5. The number of piperazine rings is 1. The molecule has 3 N–H and O–H groups in total. The molecule has 44 heavy (non-hydrogen) atoms. The van der Waals surface area contributed by atoms with E-state index in [4.69, 9.17) is 9.84 Å². The first-order valence-electron chi connectivity index (χ1n) is 14.6. The summed E-state index contributed by atoms with van der Waals surface area (Å²) < 4.78 is 5.54. The molecule has 1 atom stereocenters. The van der Waals surface area contributed by atoms with Gasteiger partial charge >= 0.3 is 12.0 Å². The lowest BCUT2D eigenvalue weighted by Crippen LogP contribution is -2.58. The summed E-state index contributed by atoms with van der Waals surface area (Å²) >= 11 is 0. The van der Waals surface area contributed by atoms with E-state index >= 15 is 0 Å². The van der Waals surface area contributed by atoms with Gasteiger partial charge in [0.05, 0.1) is 25.8 Å². The van der Waals surface area contributed by atoms with Crippen molar-refractivity contribution in [3.05, 3.63) is 89.0 Å². The van der Waals surface area contributed by atoms with Crippen LogP contribution in [0.5, 0.6) is 5.75 Å². The van der Waals surface area contributed by atoms with Crippen LogP contribution < -0.4 is 15.4 Å². The van der Waals surface area contributed by atoms with Gasteiger partial charge in [-0.15, -0.1) is 0 Å². The molecule has 230 valence electrons. The topological polar surface area (TPSA) is 132 Å². The van der Waals surface area contributed by atoms with Gasteiger partial charge in [-0.25, -0.2) is 4.79 Å². The van der Waals surface area contributed by atoms with E-state index in [1.54, 1.807) is 28.0 Å². The standard InChI is InChI=1S/C33H37N5O6/c1-22-7-3-6-10-26(22)34-33(43)35-27-12-11-23(17-29(27)44-2)18-30(39)38-20-25-9-5-4-8-24(25)19-28(38)32(42)37-15-13-36(14-16-37)21-31(40)41/h3-12,17,28H,13-16,18-21H2,1-2H3,(H,40,41)(H2,34,35,43).